The molecule has 1 aromatic rings. The molecule has 0 spiro atoms. The number of hydrogen-bond acceptors (Lipinski definition) is 4. The largest absolute Gasteiger partial charge is 0.480 e. The maximum Gasteiger partial charge on any atom is 0.322 e. The third kappa shape index (κ3) is 4.31. The van der Waals surface area contributed by atoms with Gasteiger partial charge in [-0.1, -0.05) is 12.1 Å². The fourth-order valence-electron chi connectivity index (χ4n) is 1.14. The third-order valence-corrected chi connectivity index (χ3v) is 3.29. The lowest BCUT2D eigenvalue weighted by atomic mass is 10.3. The topological polar surface area (TPSA) is 95.5 Å². The quantitative estimate of drug-likeness (QED) is 0.706. The first-order valence-corrected chi connectivity index (χ1v) is 6.65. The Morgan fingerprint density at radius 3 is 2.41 bits per heavy atom. The van der Waals surface area contributed by atoms with Crippen molar-refractivity contribution in [1.29, 1.82) is 0 Å². The highest BCUT2D eigenvalue weighted by Gasteiger charge is 2.10. The summed E-state index contributed by atoms with van der Waals surface area (Å²) in [6.45, 7) is 1.25. The normalized spacial score (nSPS) is 10.9. The average Bonchev–Trinajstić information content (AvgIpc) is 2.27. The zero-order valence-corrected chi connectivity index (χ0v) is 10.1. The molecule has 1 rings (SSSR count). The van der Waals surface area contributed by atoms with Crippen molar-refractivity contribution in [2.24, 2.45) is 0 Å². The molecule has 6 nitrogen and oxygen atoms in total. The molecule has 0 aromatic heterocycles. The lowest BCUT2D eigenvalue weighted by Gasteiger charge is -2.12. The highest BCUT2D eigenvalue weighted by molar-refractivity contribution is 7.92. The molecule has 0 heterocycles. The maximum absolute atomic E-state index is 11.4. The molecule has 0 radical (unpaired) electrons. The molecule has 0 amide bonds. The molecular formula is C10H14N2O4S. The summed E-state index contributed by atoms with van der Waals surface area (Å²) in [5.74, 6) is -1.06. The number of hydrogen-bond donors (Lipinski definition) is 3. The number of carboxylic acid groups (broad SMARTS) is 1. The Kier molecular flexibility index (Phi) is 4.33. The van der Waals surface area contributed by atoms with Crippen LogP contribution in [0, 0.1) is 0 Å². The van der Waals surface area contributed by atoms with Gasteiger partial charge in [-0.15, -0.1) is 0 Å². The van der Waals surface area contributed by atoms with Gasteiger partial charge in [-0.25, -0.2) is 8.42 Å². The van der Waals surface area contributed by atoms with E-state index in [1.54, 1.807) is 24.3 Å². The monoisotopic (exact) mass is 258 g/mol. The number of aliphatic carboxylic acids is 1. The first-order chi connectivity index (χ1) is 7.94. The van der Waals surface area contributed by atoms with Gasteiger partial charge in [0.05, 0.1) is 17.1 Å². The fraction of sp³-hybridized carbons (Fsp3) is 0.300. The van der Waals surface area contributed by atoms with Crippen molar-refractivity contribution in [3.05, 3.63) is 24.3 Å². The summed E-state index contributed by atoms with van der Waals surface area (Å²) in [5.41, 5.74) is 0.780. The Bertz CT molecular complexity index is 499. The van der Waals surface area contributed by atoms with Crippen LogP contribution in [0.1, 0.15) is 6.92 Å². The Labute approximate surface area is 99.7 Å². The van der Waals surface area contributed by atoms with Crippen LogP contribution in [-0.2, 0) is 14.8 Å². The van der Waals surface area contributed by atoms with Crippen molar-refractivity contribution in [2.45, 2.75) is 6.92 Å². The minimum absolute atomic E-state index is 0.0414. The molecule has 7 heteroatoms. The lowest BCUT2D eigenvalue weighted by molar-refractivity contribution is -0.134. The van der Waals surface area contributed by atoms with Gasteiger partial charge >= 0.3 is 5.97 Å². The number of anilines is 2. The number of para-hydroxylation sites is 2. The predicted molar refractivity (Wildman–Crippen MR) is 65.7 cm³/mol. The van der Waals surface area contributed by atoms with Crippen molar-refractivity contribution >= 4 is 27.4 Å². The van der Waals surface area contributed by atoms with E-state index < -0.39 is 16.0 Å². The molecule has 0 saturated heterocycles. The number of carboxylic acids is 1. The second kappa shape index (κ2) is 5.53. The third-order valence-electron chi connectivity index (χ3n) is 2.00. The zero-order valence-electron chi connectivity index (χ0n) is 9.30. The Morgan fingerprint density at radius 1 is 1.29 bits per heavy atom. The number of rotatable bonds is 6. The van der Waals surface area contributed by atoms with Gasteiger partial charge in [0.25, 0.3) is 0 Å². The van der Waals surface area contributed by atoms with Crippen LogP contribution in [0.3, 0.4) is 0 Å². The molecule has 0 fully saturated rings. The van der Waals surface area contributed by atoms with Gasteiger partial charge in [0, 0.05) is 0 Å². The minimum Gasteiger partial charge on any atom is -0.480 e. The molecule has 0 saturated carbocycles. The second-order valence-corrected chi connectivity index (χ2v) is 5.31. The van der Waals surface area contributed by atoms with E-state index in [4.69, 9.17) is 5.11 Å². The van der Waals surface area contributed by atoms with E-state index in [1.165, 1.54) is 6.92 Å². The Morgan fingerprint density at radius 2 is 1.88 bits per heavy atom. The van der Waals surface area contributed by atoms with Gasteiger partial charge in [0.2, 0.25) is 10.0 Å². The maximum atomic E-state index is 11.4. The number of carbonyl (C=O) groups is 1. The van der Waals surface area contributed by atoms with Crippen LogP contribution < -0.4 is 10.0 Å². The molecule has 0 bridgehead atoms. The Balaban J connectivity index is 2.88. The molecule has 3 N–H and O–H groups in total. The molecule has 0 atom stereocenters. The first kappa shape index (κ1) is 13.3. The first-order valence-electron chi connectivity index (χ1n) is 5.00. The summed E-state index contributed by atoms with van der Waals surface area (Å²) < 4.78 is 25.2. The van der Waals surface area contributed by atoms with Crippen molar-refractivity contribution in [3.8, 4) is 0 Å². The van der Waals surface area contributed by atoms with Crippen LogP contribution >= 0.6 is 0 Å². The summed E-state index contributed by atoms with van der Waals surface area (Å²) in [5, 5.41) is 11.2. The Hall–Kier alpha value is -1.76. The number of sulfonamides is 1. The summed E-state index contributed by atoms with van der Waals surface area (Å²) in [7, 11) is -3.37. The predicted octanol–water partition coefficient (Wildman–Crippen LogP) is 0.945. The van der Waals surface area contributed by atoms with E-state index in [-0.39, 0.29) is 12.3 Å². The van der Waals surface area contributed by atoms with Crippen molar-refractivity contribution < 1.29 is 18.3 Å². The zero-order chi connectivity index (χ0) is 12.9. The molecule has 17 heavy (non-hydrogen) atoms. The molecule has 0 aliphatic carbocycles. The van der Waals surface area contributed by atoms with E-state index in [0.717, 1.165) is 0 Å². The van der Waals surface area contributed by atoms with Gasteiger partial charge in [0.1, 0.15) is 6.54 Å². The standard InChI is InChI=1S/C10H14N2O4S/c1-2-17(15,16)12-9-6-4-3-5-8(9)11-7-10(13)14/h3-6,11-12H,2,7H2,1H3,(H,13,14). The summed E-state index contributed by atoms with van der Waals surface area (Å²) >= 11 is 0. The molecule has 0 aliphatic heterocycles. The van der Waals surface area contributed by atoms with E-state index in [9.17, 15) is 13.2 Å². The van der Waals surface area contributed by atoms with Crippen LogP contribution in [0.4, 0.5) is 11.4 Å². The van der Waals surface area contributed by atoms with Gasteiger partial charge in [-0.3, -0.25) is 9.52 Å². The van der Waals surface area contributed by atoms with Crippen LogP contribution in [0.25, 0.3) is 0 Å². The van der Waals surface area contributed by atoms with Crippen LogP contribution in [0.5, 0.6) is 0 Å². The SMILES string of the molecule is CCS(=O)(=O)Nc1ccccc1NCC(=O)O. The molecular weight excluding hydrogens is 244 g/mol. The molecule has 1 aromatic carbocycles. The van der Waals surface area contributed by atoms with Crippen LogP contribution in [0.2, 0.25) is 0 Å². The van der Waals surface area contributed by atoms with Gasteiger partial charge < -0.3 is 10.4 Å². The summed E-state index contributed by atoms with van der Waals surface area (Å²) in [4.78, 5) is 10.4. The van der Waals surface area contributed by atoms with Crippen molar-refractivity contribution in [2.75, 3.05) is 22.3 Å². The smallest absolute Gasteiger partial charge is 0.322 e. The molecule has 0 unspecified atom stereocenters. The lowest BCUT2D eigenvalue weighted by Crippen LogP contribution is -2.18. The number of benzene rings is 1. The minimum atomic E-state index is -3.37. The van der Waals surface area contributed by atoms with Crippen LogP contribution in [-0.4, -0.2) is 31.8 Å². The van der Waals surface area contributed by atoms with E-state index in [0.29, 0.717) is 11.4 Å². The van der Waals surface area contributed by atoms with Gasteiger partial charge in [0.15, 0.2) is 0 Å². The number of nitrogens with one attached hydrogen (secondary N) is 2. The summed E-state index contributed by atoms with van der Waals surface area (Å²) in [6.07, 6.45) is 0. The average molecular weight is 258 g/mol. The second-order valence-electron chi connectivity index (χ2n) is 3.30. The molecule has 94 valence electrons. The summed E-state index contributed by atoms with van der Waals surface area (Å²) in [6, 6.07) is 6.53. The molecule has 0 aliphatic rings. The van der Waals surface area contributed by atoms with Gasteiger partial charge in [-0.05, 0) is 19.1 Å². The van der Waals surface area contributed by atoms with Crippen molar-refractivity contribution in [1.82, 2.24) is 0 Å². The highest BCUT2D eigenvalue weighted by Crippen LogP contribution is 2.21. The van der Waals surface area contributed by atoms with Crippen molar-refractivity contribution in [3.63, 3.8) is 0 Å². The highest BCUT2D eigenvalue weighted by atomic mass is 32.2. The fourth-order valence-corrected chi connectivity index (χ4v) is 1.79. The van der Waals surface area contributed by atoms with E-state index in [1.807, 2.05) is 0 Å². The van der Waals surface area contributed by atoms with E-state index >= 15 is 0 Å². The van der Waals surface area contributed by atoms with E-state index in [2.05, 4.69) is 10.0 Å². The van der Waals surface area contributed by atoms with Gasteiger partial charge in [-0.2, -0.15) is 0 Å². The van der Waals surface area contributed by atoms with Crippen LogP contribution in [0.15, 0.2) is 24.3 Å².